The van der Waals surface area contributed by atoms with Crippen LogP contribution in [0.15, 0.2) is 18.2 Å². The molecule has 1 aromatic rings. The SMILES string of the molecule is CCNCC(O)Cc1cc(F)cc(F)c1. The van der Waals surface area contributed by atoms with Gasteiger partial charge in [0.15, 0.2) is 0 Å². The van der Waals surface area contributed by atoms with Crippen LogP contribution >= 0.6 is 0 Å². The van der Waals surface area contributed by atoms with Crippen molar-refractivity contribution in [2.45, 2.75) is 19.4 Å². The number of aliphatic hydroxyl groups is 1. The normalized spacial score (nSPS) is 12.8. The second-order valence-electron chi connectivity index (χ2n) is 3.44. The van der Waals surface area contributed by atoms with Crippen molar-refractivity contribution in [2.75, 3.05) is 13.1 Å². The van der Waals surface area contributed by atoms with Gasteiger partial charge in [-0.1, -0.05) is 6.92 Å². The Kier molecular flexibility index (Phi) is 4.65. The fourth-order valence-corrected chi connectivity index (χ4v) is 1.38. The van der Waals surface area contributed by atoms with Crippen LogP contribution in [0.2, 0.25) is 0 Å². The van der Waals surface area contributed by atoms with E-state index in [4.69, 9.17) is 0 Å². The highest BCUT2D eigenvalue weighted by atomic mass is 19.1. The Morgan fingerprint density at radius 3 is 2.40 bits per heavy atom. The third kappa shape index (κ3) is 4.36. The van der Waals surface area contributed by atoms with Gasteiger partial charge in [0.25, 0.3) is 0 Å². The van der Waals surface area contributed by atoms with E-state index in [1.54, 1.807) is 0 Å². The first-order chi connectivity index (χ1) is 7.11. The second kappa shape index (κ2) is 5.78. The summed E-state index contributed by atoms with van der Waals surface area (Å²) >= 11 is 0. The molecule has 0 aliphatic carbocycles. The standard InChI is InChI=1S/C11H15F2NO/c1-2-14-7-11(15)5-8-3-9(12)6-10(13)4-8/h3-4,6,11,14-15H,2,5,7H2,1H3. The van der Waals surface area contributed by atoms with Crippen LogP contribution in [0.5, 0.6) is 0 Å². The lowest BCUT2D eigenvalue weighted by molar-refractivity contribution is 0.172. The number of hydrogen-bond acceptors (Lipinski definition) is 2. The van der Waals surface area contributed by atoms with Gasteiger partial charge in [0.05, 0.1) is 6.10 Å². The van der Waals surface area contributed by atoms with Crippen molar-refractivity contribution in [3.05, 3.63) is 35.4 Å². The quantitative estimate of drug-likeness (QED) is 0.779. The van der Waals surface area contributed by atoms with Crippen molar-refractivity contribution in [1.29, 1.82) is 0 Å². The molecule has 0 heterocycles. The zero-order valence-corrected chi connectivity index (χ0v) is 8.63. The van der Waals surface area contributed by atoms with E-state index in [-0.39, 0.29) is 6.42 Å². The largest absolute Gasteiger partial charge is 0.391 e. The predicted molar refractivity (Wildman–Crippen MR) is 54.6 cm³/mol. The molecule has 1 rings (SSSR count). The average Bonchev–Trinajstić information content (AvgIpc) is 2.13. The number of rotatable bonds is 5. The van der Waals surface area contributed by atoms with Crippen LogP contribution in [0.1, 0.15) is 12.5 Å². The minimum atomic E-state index is -0.619. The molecule has 0 amide bonds. The van der Waals surface area contributed by atoms with E-state index in [0.29, 0.717) is 12.1 Å². The number of nitrogens with one attached hydrogen (secondary N) is 1. The van der Waals surface area contributed by atoms with Crippen LogP contribution in [0.4, 0.5) is 8.78 Å². The molecular formula is C11H15F2NO. The summed E-state index contributed by atoms with van der Waals surface area (Å²) in [7, 11) is 0. The molecule has 1 atom stereocenters. The van der Waals surface area contributed by atoms with E-state index >= 15 is 0 Å². The Balaban J connectivity index is 2.56. The van der Waals surface area contributed by atoms with E-state index in [1.807, 2.05) is 6.92 Å². The maximum absolute atomic E-state index is 12.8. The third-order valence-electron chi connectivity index (χ3n) is 2.02. The molecule has 84 valence electrons. The molecule has 2 nitrogen and oxygen atoms in total. The van der Waals surface area contributed by atoms with Gasteiger partial charge in [-0.2, -0.15) is 0 Å². The van der Waals surface area contributed by atoms with E-state index in [2.05, 4.69) is 5.32 Å². The Labute approximate surface area is 87.9 Å². The van der Waals surface area contributed by atoms with Gasteiger partial charge in [0.2, 0.25) is 0 Å². The molecule has 4 heteroatoms. The molecule has 0 fully saturated rings. The molecule has 2 N–H and O–H groups in total. The summed E-state index contributed by atoms with van der Waals surface area (Å²) in [4.78, 5) is 0. The molecule has 1 unspecified atom stereocenters. The predicted octanol–water partition coefficient (Wildman–Crippen LogP) is 1.48. The van der Waals surface area contributed by atoms with Crippen LogP contribution in [-0.4, -0.2) is 24.3 Å². The van der Waals surface area contributed by atoms with Crippen molar-refractivity contribution < 1.29 is 13.9 Å². The minimum absolute atomic E-state index is 0.252. The zero-order valence-electron chi connectivity index (χ0n) is 8.63. The lowest BCUT2D eigenvalue weighted by Gasteiger charge is -2.10. The highest BCUT2D eigenvalue weighted by molar-refractivity contribution is 5.18. The Hall–Kier alpha value is -1.00. The summed E-state index contributed by atoms with van der Waals surface area (Å²) in [5.74, 6) is -1.22. The van der Waals surface area contributed by atoms with E-state index in [1.165, 1.54) is 12.1 Å². The zero-order chi connectivity index (χ0) is 11.3. The molecule has 0 saturated heterocycles. The fourth-order valence-electron chi connectivity index (χ4n) is 1.38. The van der Waals surface area contributed by atoms with Gasteiger partial charge in [0, 0.05) is 12.6 Å². The molecule has 1 aromatic carbocycles. The van der Waals surface area contributed by atoms with Gasteiger partial charge in [-0.05, 0) is 30.7 Å². The molecule has 0 spiro atoms. The summed E-state index contributed by atoms with van der Waals surface area (Å²) in [5.41, 5.74) is 0.470. The van der Waals surface area contributed by atoms with Gasteiger partial charge in [-0.15, -0.1) is 0 Å². The van der Waals surface area contributed by atoms with Gasteiger partial charge >= 0.3 is 0 Å². The van der Waals surface area contributed by atoms with Crippen LogP contribution in [0.25, 0.3) is 0 Å². The van der Waals surface area contributed by atoms with Crippen LogP contribution in [0.3, 0.4) is 0 Å². The number of hydrogen-bond donors (Lipinski definition) is 2. The van der Waals surface area contributed by atoms with Gasteiger partial charge < -0.3 is 10.4 Å². The fraction of sp³-hybridized carbons (Fsp3) is 0.455. The van der Waals surface area contributed by atoms with Gasteiger partial charge in [-0.3, -0.25) is 0 Å². The van der Waals surface area contributed by atoms with Crippen LogP contribution < -0.4 is 5.32 Å². The van der Waals surface area contributed by atoms with E-state index < -0.39 is 17.7 Å². The average molecular weight is 215 g/mol. The Morgan fingerprint density at radius 2 is 1.87 bits per heavy atom. The highest BCUT2D eigenvalue weighted by Gasteiger charge is 2.07. The molecule has 0 aromatic heterocycles. The van der Waals surface area contributed by atoms with Crippen LogP contribution in [-0.2, 0) is 6.42 Å². The van der Waals surface area contributed by atoms with E-state index in [0.717, 1.165) is 12.6 Å². The first-order valence-corrected chi connectivity index (χ1v) is 4.95. The van der Waals surface area contributed by atoms with Crippen molar-refractivity contribution in [3.8, 4) is 0 Å². The van der Waals surface area contributed by atoms with Crippen molar-refractivity contribution in [3.63, 3.8) is 0 Å². The van der Waals surface area contributed by atoms with Crippen LogP contribution in [0, 0.1) is 11.6 Å². The molecule has 0 radical (unpaired) electrons. The summed E-state index contributed by atoms with van der Waals surface area (Å²) in [6.07, 6.45) is -0.368. The lowest BCUT2D eigenvalue weighted by Crippen LogP contribution is -2.28. The maximum Gasteiger partial charge on any atom is 0.126 e. The topological polar surface area (TPSA) is 32.3 Å². The summed E-state index contributed by atoms with van der Waals surface area (Å²) in [6, 6.07) is 3.29. The maximum atomic E-state index is 12.8. The Morgan fingerprint density at radius 1 is 1.27 bits per heavy atom. The summed E-state index contributed by atoms with van der Waals surface area (Å²) in [6.45, 7) is 3.11. The first kappa shape index (κ1) is 12.1. The number of likely N-dealkylation sites (N-methyl/N-ethyl adjacent to an activating group) is 1. The smallest absolute Gasteiger partial charge is 0.126 e. The number of halogens is 2. The number of benzene rings is 1. The van der Waals surface area contributed by atoms with E-state index in [9.17, 15) is 13.9 Å². The molecule has 0 saturated carbocycles. The molecule has 15 heavy (non-hydrogen) atoms. The Bertz CT molecular complexity index is 297. The summed E-state index contributed by atoms with van der Waals surface area (Å²) in [5, 5.41) is 12.5. The summed E-state index contributed by atoms with van der Waals surface area (Å²) < 4.78 is 25.6. The second-order valence-corrected chi connectivity index (χ2v) is 3.44. The van der Waals surface area contributed by atoms with Crippen molar-refractivity contribution >= 4 is 0 Å². The third-order valence-corrected chi connectivity index (χ3v) is 2.02. The monoisotopic (exact) mass is 215 g/mol. The molecule has 0 aliphatic rings. The molecule has 0 aliphatic heterocycles. The van der Waals surface area contributed by atoms with Gasteiger partial charge in [0.1, 0.15) is 11.6 Å². The molecule has 0 bridgehead atoms. The first-order valence-electron chi connectivity index (χ1n) is 4.95. The van der Waals surface area contributed by atoms with Gasteiger partial charge in [-0.25, -0.2) is 8.78 Å². The van der Waals surface area contributed by atoms with Crippen molar-refractivity contribution in [2.24, 2.45) is 0 Å². The minimum Gasteiger partial charge on any atom is -0.391 e. The van der Waals surface area contributed by atoms with Crippen molar-refractivity contribution in [1.82, 2.24) is 5.32 Å². The number of aliphatic hydroxyl groups excluding tert-OH is 1. The lowest BCUT2D eigenvalue weighted by atomic mass is 10.1. The highest BCUT2D eigenvalue weighted by Crippen LogP contribution is 2.09. The molecular weight excluding hydrogens is 200 g/mol.